The zero-order valence-corrected chi connectivity index (χ0v) is 15.5. The molecule has 0 aliphatic carbocycles. The predicted molar refractivity (Wildman–Crippen MR) is 98.5 cm³/mol. The van der Waals surface area contributed by atoms with Gasteiger partial charge in [-0.05, 0) is 32.0 Å². The number of ether oxygens (including phenoxy) is 2. The molecule has 140 valence electrons. The Morgan fingerprint density at radius 2 is 2.19 bits per heavy atom. The Labute approximate surface area is 155 Å². The Balaban J connectivity index is 1.87. The van der Waals surface area contributed by atoms with Gasteiger partial charge in [-0.15, -0.1) is 11.3 Å². The lowest BCUT2D eigenvalue weighted by atomic mass is 10.0. The number of carbonyl (C=O) groups excluding carboxylic acids is 2. The third kappa shape index (κ3) is 3.53. The molecule has 3 rings (SSSR count). The summed E-state index contributed by atoms with van der Waals surface area (Å²) in [5.74, 6) is -0.166. The van der Waals surface area contributed by atoms with Crippen LogP contribution in [0, 0.1) is 12.8 Å². The van der Waals surface area contributed by atoms with Crippen molar-refractivity contribution in [3.8, 4) is 5.75 Å². The number of thiophene rings is 1. The number of rotatable bonds is 7. The van der Waals surface area contributed by atoms with E-state index in [0.717, 1.165) is 15.0 Å². The molecule has 1 aliphatic heterocycles. The molecule has 1 aliphatic rings. The fourth-order valence-electron chi connectivity index (χ4n) is 2.66. The van der Waals surface area contributed by atoms with Crippen LogP contribution in [-0.2, 0) is 9.53 Å². The lowest BCUT2D eigenvalue weighted by Crippen LogP contribution is -2.57. The number of nitrogens with two attached hydrogens (primary N) is 1. The predicted octanol–water partition coefficient (Wildman–Crippen LogP) is 1.20. The largest absolute Gasteiger partial charge is 0.493 e. The zero-order valence-electron chi connectivity index (χ0n) is 14.7. The maximum atomic E-state index is 12.8. The van der Waals surface area contributed by atoms with Crippen LogP contribution in [-0.4, -0.2) is 48.9 Å². The minimum Gasteiger partial charge on any atom is -0.493 e. The summed E-state index contributed by atoms with van der Waals surface area (Å²) in [6.07, 6.45) is 0. The number of hydrogen-bond donors (Lipinski definition) is 3. The number of aliphatic hydroxyl groups excluding tert-OH is 1. The van der Waals surface area contributed by atoms with Gasteiger partial charge in [0.1, 0.15) is 11.3 Å². The molecule has 1 unspecified atom stereocenters. The van der Waals surface area contributed by atoms with Crippen LogP contribution in [0.25, 0.3) is 10.1 Å². The van der Waals surface area contributed by atoms with Gasteiger partial charge < -0.3 is 25.6 Å². The number of aryl methyl sites for hydroxylation is 1. The van der Waals surface area contributed by atoms with E-state index in [2.05, 4.69) is 5.32 Å². The highest BCUT2D eigenvalue weighted by molar-refractivity contribution is 7.19. The molecule has 1 aromatic carbocycles. The average molecular weight is 378 g/mol. The van der Waals surface area contributed by atoms with Crippen molar-refractivity contribution in [3.05, 3.63) is 28.6 Å². The van der Waals surface area contributed by atoms with Crippen LogP contribution in [0.15, 0.2) is 18.2 Å². The molecule has 0 bridgehead atoms. The van der Waals surface area contributed by atoms with E-state index in [1.807, 2.05) is 25.1 Å². The zero-order chi connectivity index (χ0) is 18.9. The van der Waals surface area contributed by atoms with Crippen molar-refractivity contribution < 1.29 is 24.2 Å². The van der Waals surface area contributed by atoms with E-state index in [4.69, 9.17) is 15.2 Å². The Kier molecular flexibility index (Phi) is 5.17. The number of fused-ring (bicyclic) bond motifs is 1. The van der Waals surface area contributed by atoms with E-state index >= 15 is 0 Å². The second-order valence-electron chi connectivity index (χ2n) is 6.71. The molecule has 8 heteroatoms. The molecule has 26 heavy (non-hydrogen) atoms. The highest BCUT2D eigenvalue weighted by atomic mass is 32.1. The normalized spacial score (nSPS) is 16.7. The van der Waals surface area contributed by atoms with Crippen LogP contribution < -0.4 is 15.8 Å². The fourth-order valence-corrected chi connectivity index (χ4v) is 3.70. The van der Waals surface area contributed by atoms with Crippen molar-refractivity contribution in [2.24, 2.45) is 11.7 Å². The highest BCUT2D eigenvalue weighted by Crippen LogP contribution is 2.34. The van der Waals surface area contributed by atoms with Crippen molar-refractivity contribution in [1.82, 2.24) is 5.32 Å². The van der Waals surface area contributed by atoms with Crippen molar-refractivity contribution in [3.63, 3.8) is 0 Å². The minimum atomic E-state index is -1.52. The Morgan fingerprint density at radius 3 is 2.77 bits per heavy atom. The first-order valence-electron chi connectivity index (χ1n) is 8.31. The van der Waals surface area contributed by atoms with Crippen molar-refractivity contribution >= 4 is 33.2 Å². The molecule has 2 amide bonds. The van der Waals surface area contributed by atoms with Gasteiger partial charge in [0.2, 0.25) is 5.91 Å². The van der Waals surface area contributed by atoms with Crippen LogP contribution in [0.5, 0.6) is 5.75 Å². The van der Waals surface area contributed by atoms with Gasteiger partial charge in [-0.3, -0.25) is 9.59 Å². The maximum Gasteiger partial charge on any atom is 0.253 e. The van der Waals surface area contributed by atoms with Gasteiger partial charge in [-0.1, -0.05) is 0 Å². The van der Waals surface area contributed by atoms with Crippen LogP contribution in [0.1, 0.15) is 22.2 Å². The maximum absolute atomic E-state index is 12.8. The average Bonchev–Trinajstić information content (AvgIpc) is 2.88. The lowest BCUT2D eigenvalue weighted by Gasteiger charge is -2.25. The van der Waals surface area contributed by atoms with Gasteiger partial charge in [0, 0.05) is 20.9 Å². The van der Waals surface area contributed by atoms with Gasteiger partial charge in [-0.25, -0.2) is 0 Å². The van der Waals surface area contributed by atoms with Gasteiger partial charge in [0.25, 0.3) is 5.91 Å². The van der Waals surface area contributed by atoms with Gasteiger partial charge >= 0.3 is 0 Å². The molecule has 2 aromatic rings. The Hall–Kier alpha value is -2.16. The SMILES string of the molecule is Cc1sc2ccc(OCC3COC3)cc2c1C(=O)NC(C)(CO)C(N)=O. The van der Waals surface area contributed by atoms with E-state index < -0.39 is 24.0 Å². The van der Waals surface area contributed by atoms with Crippen LogP contribution in [0.3, 0.4) is 0 Å². The summed E-state index contributed by atoms with van der Waals surface area (Å²) in [6, 6.07) is 5.62. The third-order valence-corrected chi connectivity index (χ3v) is 5.59. The lowest BCUT2D eigenvalue weighted by molar-refractivity contribution is -0.124. The monoisotopic (exact) mass is 378 g/mol. The van der Waals surface area contributed by atoms with Crippen LogP contribution >= 0.6 is 11.3 Å². The quantitative estimate of drug-likeness (QED) is 0.670. The van der Waals surface area contributed by atoms with E-state index in [1.165, 1.54) is 18.3 Å². The molecule has 0 radical (unpaired) electrons. The second kappa shape index (κ2) is 7.22. The molecule has 0 saturated carbocycles. The summed E-state index contributed by atoms with van der Waals surface area (Å²) in [6.45, 7) is 4.65. The van der Waals surface area contributed by atoms with Crippen molar-refractivity contribution in [2.75, 3.05) is 26.4 Å². The number of carbonyl (C=O) groups is 2. The summed E-state index contributed by atoms with van der Waals surface area (Å²) >= 11 is 1.48. The third-order valence-electron chi connectivity index (χ3n) is 4.50. The number of benzene rings is 1. The Morgan fingerprint density at radius 1 is 1.46 bits per heavy atom. The number of amides is 2. The standard InChI is InChI=1S/C18H22N2O5S/c1-10-15(16(22)20-18(2,9-21)17(19)23)13-5-12(3-4-14(13)26-10)25-8-11-6-24-7-11/h3-5,11,21H,6-9H2,1-2H3,(H2,19,23)(H,20,22). The Bertz CT molecular complexity index is 845. The molecule has 4 N–H and O–H groups in total. The van der Waals surface area contributed by atoms with Crippen LogP contribution in [0.2, 0.25) is 0 Å². The first kappa shape index (κ1) is 18.6. The number of nitrogens with one attached hydrogen (secondary N) is 1. The molecule has 1 atom stereocenters. The minimum absolute atomic E-state index is 0.401. The summed E-state index contributed by atoms with van der Waals surface area (Å²) in [4.78, 5) is 25.1. The van der Waals surface area contributed by atoms with Gasteiger partial charge in [0.15, 0.2) is 0 Å². The van der Waals surface area contributed by atoms with E-state index in [0.29, 0.717) is 37.1 Å². The molecule has 0 spiro atoms. The van der Waals surface area contributed by atoms with E-state index in [-0.39, 0.29) is 0 Å². The topological polar surface area (TPSA) is 111 Å². The van der Waals surface area contributed by atoms with E-state index in [9.17, 15) is 14.7 Å². The van der Waals surface area contributed by atoms with Crippen molar-refractivity contribution in [2.45, 2.75) is 19.4 Å². The van der Waals surface area contributed by atoms with Gasteiger partial charge in [-0.2, -0.15) is 0 Å². The summed E-state index contributed by atoms with van der Waals surface area (Å²) < 4.78 is 11.9. The number of aliphatic hydroxyl groups is 1. The molecular formula is C18H22N2O5S. The summed E-state index contributed by atoms with van der Waals surface area (Å²) in [7, 11) is 0. The first-order chi connectivity index (χ1) is 12.3. The highest BCUT2D eigenvalue weighted by Gasteiger charge is 2.33. The smallest absolute Gasteiger partial charge is 0.253 e. The second-order valence-corrected chi connectivity index (χ2v) is 7.97. The van der Waals surface area contributed by atoms with Gasteiger partial charge in [0.05, 0.1) is 32.0 Å². The first-order valence-corrected chi connectivity index (χ1v) is 9.12. The number of hydrogen-bond acceptors (Lipinski definition) is 6. The molecule has 1 fully saturated rings. The van der Waals surface area contributed by atoms with Crippen molar-refractivity contribution in [1.29, 1.82) is 0 Å². The summed E-state index contributed by atoms with van der Waals surface area (Å²) in [5, 5.41) is 12.7. The van der Waals surface area contributed by atoms with E-state index in [1.54, 1.807) is 0 Å². The molecule has 2 heterocycles. The summed E-state index contributed by atoms with van der Waals surface area (Å²) in [5.41, 5.74) is 4.25. The number of primary amides is 1. The van der Waals surface area contributed by atoms with Crippen LogP contribution in [0.4, 0.5) is 0 Å². The molecule has 1 saturated heterocycles. The fraction of sp³-hybridized carbons (Fsp3) is 0.444. The molecule has 7 nitrogen and oxygen atoms in total. The molecular weight excluding hydrogens is 356 g/mol. The molecule has 1 aromatic heterocycles.